The lowest BCUT2D eigenvalue weighted by Crippen LogP contribution is -2.50. The fourth-order valence-electron chi connectivity index (χ4n) is 4.69. The minimum Gasteiger partial charge on any atom is -0.462 e. The molecule has 170 valence electrons. The monoisotopic (exact) mass is 451 g/mol. The van der Waals surface area contributed by atoms with E-state index in [0.717, 1.165) is 40.9 Å². The van der Waals surface area contributed by atoms with Crippen LogP contribution < -0.4 is 10.5 Å². The summed E-state index contributed by atoms with van der Waals surface area (Å²) < 4.78 is 11.9. The number of fused-ring (bicyclic) bond motifs is 4. The predicted molar refractivity (Wildman–Crippen MR) is 129 cm³/mol. The van der Waals surface area contributed by atoms with Crippen LogP contribution in [0, 0.1) is 11.8 Å². The van der Waals surface area contributed by atoms with Gasteiger partial charge in [-0.15, -0.1) is 0 Å². The van der Waals surface area contributed by atoms with Crippen LogP contribution in [0.5, 0.6) is 11.6 Å². The highest BCUT2D eigenvalue weighted by Crippen LogP contribution is 2.51. The number of pyridine rings is 2. The van der Waals surface area contributed by atoms with Crippen molar-refractivity contribution in [1.82, 2.24) is 14.9 Å². The fraction of sp³-hybridized carbons (Fsp3) is 0.296. The van der Waals surface area contributed by atoms with Crippen LogP contribution in [0.3, 0.4) is 0 Å². The van der Waals surface area contributed by atoms with Gasteiger partial charge in [0.25, 0.3) is 6.02 Å². The summed E-state index contributed by atoms with van der Waals surface area (Å²) in [7, 11) is 0. The minimum atomic E-state index is -0.844. The van der Waals surface area contributed by atoms with E-state index in [1.54, 1.807) is 12.4 Å². The number of hydrogen-bond donors (Lipinski definition) is 1. The second-order valence-electron chi connectivity index (χ2n) is 9.38. The van der Waals surface area contributed by atoms with Crippen molar-refractivity contribution in [2.24, 2.45) is 10.7 Å². The van der Waals surface area contributed by atoms with Crippen molar-refractivity contribution in [3.8, 4) is 34.6 Å². The van der Waals surface area contributed by atoms with Crippen molar-refractivity contribution in [1.29, 1.82) is 0 Å². The Bertz CT molecular complexity index is 1370. The summed E-state index contributed by atoms with van der Waals surface area (Å²) >= 11 is 0. The Kier molecular flexibility index (Phi) is 4.61. The third kappa shape index (κ3) is 3.30. The second-order valence-corrected chi connectivity index (χ2v) is 9.38. The van der Waals surface area contributed by atoms with E-state index in [1.165, 1.54) is 6.42 Å². The number of nitrogens with two attached hydrogens (primary N) is 1. The van der Waals surface area contributed by atoms with Gasteiger partial charge in [-0.1, -0.05) is 24.0 Å². The molecule has 1 aromatic carbocycles. The van der Waals surface area contributed by atoms with Crippen molar-refractivity contribution < 1.29 is 9.47 Å². The smallest absolute Gasteiger partial charge is 0.283 e. The van der Waals surface area contributed by atoms with Crippen LogP contribution in [-0.2, 0) is 10.3 Å². The van der Waals surface area contributed by atoms with E-state index in [9.17, 15) is 0 Å². The van der Waals surface area contributed by atoms with Gasteiger partial charge in [0.1, 0.15) is 12.4 Å². The average Bonchev–Trinajstić information content (AvgIpc) is 3.19. The van der Waals surface area contributed by atoms with Crippen LogP contribution in [0.4, 0.5) is 0 Å². The summed E-state index contributed by atoms with van der Waals surface area (Å²) in [5.74, 6) is 7.93. The topological polar surface area (TPSA) is 85.9 Å². The van der Waals surface area contributed by atoms with Gasteiger partial charge in [0, 0.05) is 48.4 Å². The Balaban J connectivity index is 1.46. The van der Waals surface area contributed by atoms with Gasteiger partial charge in [0.2, 0.25) is 5.88 Å². The molecule has 1 atom stereocenters. The number of benzene rings is 1. The standard InChI is InChI=1S/C27H25N5O2/c1-26(2,32-11-4-12-32)9-8-18-13-22-24(30-15-18)34-23-7-6-19(20-5-3-10-29-16-20)14-21(23)27(22)17-33-25(28)31-27/h3,5-7,10,13-16H,4,11-12,17H2,1-2H3,(H2,28,31). The maximum absolute atomic E-state index is 6.21. The number of aromatic nitrogens is 2. The third-order valence-corrected chi connectivity index (χ3v) is 6.81. The second kappa shape index (κ2) is 7.57. The lowest BCUT2D eigenvalue weighted by Gasteiger charge is -2.41. The van der Waals surface area contributed by atoms with Gasteiger partial charge in [-0.2, -0.15) is 0 Å². The van der Waals surface area contributed by atoms with Crippen molar-refractivity contribution in [3.63, 3.8) is 0 Å². The molecule has 0 aliphatic carbocycles. The molecule has 7 heteroatoms. The molecule has 5 heterocycles. The number of ether oxygens (including phenoxy) is 2. The molecule has 1 fully saturated rings. The molecular weight excluding hydrogens is 426 g/mol. The van der Waals surface area contributed by atoms with Crippen LogP contribution in [0.1, 0.15) is 37.0 Å². The maximum atomic E-state index is 6.21. The predicted octanol–water partition coefficient (Wildman–Crippen LogP) is 3.67. The maximum Gasteiger partial charge on any atom is 0.283 e. The first-order chi connectivity index (χ1) is 16.4. The first-order valence-corrected chi connectivity index (χ1v) is 11.4. The molecular formula is C27H25N5O2. The Morgan fingerprint density at radius 3 is 2.68 bits per heavy atom. The number of rotatable bonds is 2. The molecule has 3 aliphatic heterocycles. The van der Waals surface area contributed by atoms with Gasteiger partial charge in [0.15, 0.2) is 5.54 Å². The average molecular weight is 452 g/mol. The van der Waals surface area contributed by atoms with Crippen molar-refractivity contribution in [3.05, 3.63) is 71.7 Å². The molecule has 1 saturated heterocycles. The van der Waals surface area contributed by atoms with Crippen LogP contribution in [0.2, 0.25) is 0 Å². The fourth-order valence-corrected chi connectivity index (χ4v) is 4.69. The highest BCUT2D eigenvalue weighted by Gasteiger charge is 2.47. The van der Waals surface area contributed by atoms with Crippen LogP contribution in [-0.4, -0.2) is 46.1 Å². The van der Waals surface area contributed by atoms with E-state index in [-0.39, 0.29) is 18.2 Å². The molecule has 3 aliphatic rings. The summed E-state index contributed by atoms with van der Waals surface area (Å²) in [5, 5.41) is 0. The molecule has 0 bridgehead atoms. The SMILES string of the molecule is CC(C)(C#Cc1cnc2c(c1)C1(COC(N)=N1)c1cc(-c3cccnc3)ccc1O2)N1CCC1. The number of hydrogen-bond acceptors (Lipinski definition) is 7. The molecule has 0 radical (unpaired) electrons. The molecule has 1 unspecified atom stereocenters. The molecule has 6 rings (SSSR count). The third-order valence-electron chi connectivity index (χ3n) is 6.81. The highest BCUT2D eigenvalue weighted by atomic mass is 16.5. The molecule has 3 aromatic rings. The Morgan fingerprint density at radius 2 is 1.97 bits per heavy atom. The molecule has 0 amide bonds. The molecule has 7 nitrogen and oxygen atoms in total. The number of nitrogens with zero attached hydrogens (tertiary/aromatic N) is 4. The molecule has 0 saturated carbocycles. The first-order valence-electron chi connectivity index (χ1n) is 11.4. The van der Waals surface area contributed by atoms with Crippen molar-refractivity contribution in [2.45, 2.75) is 31.3 Å². The Hall–Kier alpha value is -3.89. The zero-order valence-corrected chi connectivity index (χ0v) is 19.2. The number of amidine groups is 1. The van der Waals surface area contributed by atoms with Crippen molar-refractivity contribution >= 4 is 6.02 Å². The number of likely N-dealkylation sites (tertiary alicyclic amines) is 1. The molecule has 2 N–H and O–H groups in total. The van der Waals surface area contributed by atoms with E-state index < -0.39 is 5.54 Å². The highest BCUT2D eigenvalue weighted by molar-refractivity contribution is 5.77. The normalized spacial score (nSPS) is 20.7. The van der Waals surface area contributed by atoms with Gasteiger partial charge in [-0.3, -0.25) is 9.88 Å². The first kappa shape index (κ1) is 20.7. The van der Waals surface area contributed by atoms with Gasteiger partial charge < -0.3 is 15.2 Å². The van der Waals surface area contributed by atoms with E-state index in [0.29, 0.717) is 11.6 Å². The summed E-state index contributed by atoms with van der Waals surface area (Å²) in [6, 6.07) is 12.1. The van der Waals surface area contributed by atoms with Gasteiger partial charge in [-0.05, 0) is 50.1 Å². The summed E-state index contributed by atoms with van der Waals surface area (Å²) in [5.41, 5.74) is 9.52. The van der Waals surface area contributed by atoms with Gasteiger partial charge >= 0.3 is 0 Å². The quantitative estimate of drug-likeness (QED) is 0.599. The van der Waals surface area contributed by atoms with E-state index in [4.69, 9.17) is 20.2 Å². The Labute approximate surface area is 198 Å². The molecule has 1 spiro atoms. The Morgan fingerprint density at radius 1 is 1.09 bits per heavy atom. The van der Waals surface area contributed by atoms with Gasteiger partial charge in [-0.25, -0.2) is 9.98 Å². The van der Waals surface area contributed by atoms with Gasteiger partial charge in [0.05, 0.1) is 11.1 Å². The van der Waals surface area contributed by atoms with E-state index >= 15 is 0 Å². The summed E-state index contributed by atoms with van der Waals surface area (Å²) in [6.45, 7) is 6.75. The summed E-state index contributed by atoms with van der Waals surface area (Å²) in [6.07, 6.45) is 6.58. The van der Waals surface area contributed by atoms with E-state index in [2.05, 4.69) is 46.6 Å². The molecule has 2 aromatic heterocycles. The van der Waals surface area contributed by atoms with Crippen LogP contribution >= 0.6 is 0 Å². The lowest BCUT2D eigenvalue weighted by molar-refractivity contribution is 0.0955. The van der Waals surface area contributed by atoms with E-state index in [1.807, 2.05) is 36.5 Å². The zero-order chi connectivity index (χ0) is 23.3. The largest absolute Gasteiger partial charge is 0.462 e. The summed E-state index contributed by atoms with van der Waals surface area (Å²) in [4.78, 5) is 16.0. The van der Waals surface area contributed by atoms with Crippen LogP contribution in [0.25, 0.3) is 11.1 Å². The van der Waals surface area contributed by atoms with Crippen molar-refractivity contribution in [2.75, 3.05) is 19.7 Å². The minimum absolute atomic E-state index is 0.154. The molecule has 34 heavy (non-hydrogen) atoms. The lowest BCUT2D eigenvalue weighted by atomic mass is 9.81. The zero-order valence-electron chi connectivity index (χ0n) is 19.2. The number of aliphatic imine (C=N–C) groups is 1. The van der Waals surface area contributed by atoms with Crippen LogP contribution in [0.15, 0.2) is 60.0 Å².